The van der Waals surface area contributed by atoms with Crippen molar-refractivity contribution in [3.8, 4) is 5.75 Å². The van der Waals surface area contributed by atoms with E-state index in [1.165, 1.54) is 12.1 Å². The zero-order chi connectivity index (χ0) is 11.9. The Bertz CT molecular complexity index is 455. The van der Waals surface area contributed by atoms with Gasteiger partial charge < -0.3 is 10.2 Å². The van der Waals surface area contributed by atoms with Crippen LogP contribution < -0.4 is 0 Å². The molecule has 3 nitrogen and oxygen atoms in total. The van der Waals surface area contributed by atoms with E-state index in [-0.39, 0.29) is 22.8 Å². The van der Waals surface area contributed by atoms with Crippen molar-refractivity contribution in [1.29, 1.82) is 0 Å². The van der Waals surface area contributed by atoms with Gasteiger partial charge in [0, 0.05) is 5.41 Å². The number of rotatable bonds is 3. The maximum Gasteiger partial charge on any atom is 0.304 e. The molecule has 5 heteroatoms. The van der Waals surface area contributed by atoms with Crippen molar-refractivity contribution in [3.05, 3.63) is 28.5 Å². The highest BCUT2D eigenvalue weighted by Crippen LogP contribution is 2.53. The maximum atomic E-state index is 13.8. The van der Waals surface area contributed by atoms with E-state index in [2.05, 4.69) is 0 Å². The predicted molar refractivity (Wildman–Crippen MR) is 56.2 cm³/mol. The first-order valence-electron chi connectivity index (χ1n) is 4.85. The lowest BCUT2D eigenvalue weighted by Crippen LogP contribution is -2.14. The minimum atomic E-state index is -0.957. The fraction of sp³-hybridized carbons (Fsp3) is 0.364. The number of carbonyl (C=O) groups is 1. The van der Waals surface area contributed by atoms with Gasteiger partial charge in [0.2, 0.25) is 0 Å². The van der Waals surface area contributed by atoms with Gasteiger partial charge in [0.25, 0.3) is 0 Å². The largest absolute Gasteiger partial charge is 0.506 e. The van der Waals surface area contributed by atoms with Gasteiger partial charge in [-0.15, -0.1) is 0 Å². The van der Waals surface area contributed by atoms with Crippen LogP contribution in [-0.2, 0) is 10.2 Å². The van der Waals surface area contributed by atoms with E-state index in [9.17, 15) is 14.3 Å². The molecule has 86 valence electrons. The minimum absolute atomic E-state index is 0.106. The average molecular weight is 245 g/mol. The van der Waals surface area contributed by atoms with E-state index in [1.54, 1.807) is 0 Å². The first-order valence-corrected chi connectivity index (χ1v) is 5.23. The van der Waals surface area contributed by atoms with Gasteiger partial charge in [-0.3, -0.25) is 4.79 Å². The summed E-state index contributed by atoms with van der Waals surface area (Å²) in [6, 6.07) is 2.70. The highest BCUT2D eigenvalue weighted by molar-refractivity contribution is 6.32. The highest BCUT2D eigenvalue weighted by atomic mass is 35.5. The molecule has 2 N–H and O–H groups in total. The topological polar surface area (TPSA) is 57.5 Å². The first-order chi connectivity index (χ1) is 7.46. The number of carboxylic acids is 1. The number of aliphatic carboxylic acids is 1. The summed E-state index contributed by atoms with van der Waals surface area (Å²) in [5.41, 5.74) is -0.342. The van der Waals surface area contributed by atoms with Crippen molar-refractivity contribution in [2.45, 2.75) is 24.7 Å². The molecule has 2 rings (SSSR count). The molecule has 0 spiro atoms. The number of phenolic OH excluding ortho intramolecular Hbond substituents is 1. The molecule has 1 aromatic carbocycles. The predicted octanol–water partition coefficient (Wildman–Crippen LogP) is 2.69. The molecule has 0 saturated heterocycles. The molecule has 16 heavy (non-hydrogen) atoms. The second-order valence-electron chi connectivity index (χ2n) is 4.11. The lowest BCUT2D eigenvalue weighted by atomic mass is 9.92. The Morgan fingerprint density at radius 3 is 2.62 bits per heavy atom. The van der Waals surface area contributed by atoms with Gasteiger partial charge in [-0.2, -0.15) is 0 Å². The molecule has 0 heterocycles. The van der Waals surface area contributed by atoms with Gasteiger partial charge in [-0.25, -0.2) is 4.39 Å². The van der Waals surface area contributed by atoms with E-state index in [1.807, 2.05) is 0 Å². The van der Waals surface area contributed by atoms with Crippen LogP contribution in [-0.4, -0.2) is 16.2 Å². The van der Waals surface area contributed by atoms with E-state index in [0.717, 1.165) is 0 Å². The van der Waals surface area contributed by atoms with Crippen LogP contribution >= 0.6 is 11.6 Å². The summed E-state index contributed by atoms with van der Waals surface area (Å²) < 4.78 is 13.8. The Labute approximate surface area is 96.5 Å². The third-order valence-corrected chi connectivity index (χ3v) is 3.34. The molecule has 0 radical (unpaired) electrons. The van der Waals surface area contributed by atoms with Gasteiger partial charge in [0.05, 0.1) is 6.42 Å². The summed E-state index contributed by atoms with van der Waals surface area (Å²) in [7, 11) is 0. The zero-order valence-electron chi connectivity index (χ0n) is 8.33. The third-order valence-electron chi connectivity index (χ3n) is 2.98. The molecule has 1 saturated carbocycles. The van der Waals surface area contributed by atoms with E-state index >= 15 is 0 Å². The fourth-order valence-corrected chi connectivity index (χ4v) is 2.10. The molecule has 0 aliphatic heterocycles. The highest BCUT2D eigenvalue weighted by Gasteiger charge is 2.48. The van der Waals surface area contributed by atoms with Crippen LogP contribution in [0.4, 0.5) is 4.39 Å². The lowest BCUT2D eigenvalue weighted by Gasteiger charge is -2.15. The van der Waals surface area contributed by atoms with Gasteiger partial charge in [0.1, 0.15) is 16.6 Å². The van der Waals surface area contributed by atoms with Crippen LogP contribution in [0.15, 0.2) is 12.1 Å². The van der Waals surface area contributed by atoms with Crippen molar-refractivity contribution < 1.29 is 19.4 Å². The molecule has 1 fully saturated rings. The van der Waals surface area contributed by atoms with Crippen LogP contribution in [0.3, 0.4) is 0 Å². The third kappa shape index (κ3) is 1.73. The summed E-state index contributed by atoms with van der Waals surface area (Å²) in [5.74, 6) is -1.99. The molecule has 0 atom stereocenters. The summed E-state index contributed by atoms with van der Waals surface area (Å²) in [4.78, 5) is 10.7. The Kier molecular flexibility index (Phi) is 2.54. The van der Waals surface area contributed by atoms with Gasteiger partial charge >= 0.3 is 5.97 Å². The van der Waals surface area contributed by atoms with E-state index < -0.39 is 17.2 Å². The Balaban J connectivity index is 2.42. The molecule has 0 aromatic heterocycles. The summed E-state index contributed by atoms with van der Waals surface area (Å²) >= 11 is 5.58. The van der Waals surface area contributed by atoms with Gasteiger partial charge in [0.15, 0.2) is 0 Å². The van der Waals surface area contributed by atoms with Crippen LogP contribution in [0.1, 0.15) is 24.8 Å². The van der Waals surface area contributed by atoms with Gasteiger partial charge in [-0.1, -0.05) is 17.7 Å². The molecule has 1 aliphatic rings. The molecule has 1 aliphatic carbocycles. The summed E-state index contributed by atoms with van der Waals surface area (Å²) in [6.07, 6.45) is 1.17. The zero-order valence-corrected chi connectivity index (χ0v) is 9.09. The second-order valence-corrected chi connectivity index (χ2v) is 4.49. The number of carboxylic acid groups (broad SMARTS) is 1. The normalized spacial score (nSPS) is 17.1. The van der Waals surface area contributed by atoms with E-state index in [0.29, 0.717) is 12.8 Å². The summed E-state index contributed by atoms with van der Waals surface area (Å²) in [5, 5.41) is 17.6. The molecule has 0 unspecified atom stereocenters. The van der Waals surface area contributed by atoms with Crippen molar-refractivity contribution in [3.63, 3.8) is 0 Å². The Morgan fingerprint density at radius 2 is 2.12 bits per heavy atom. The number of hydrogen-bond donors (Lipinski definition) is 2. The SMILES string of the molecule is O=C(O)CC1(c2ccc(O)c(Cl)c2F)CC1. The molecule has 0 bridgehead atoms. The lowest BCUT2D eigenvalue weighted by molar-refractivity contribution is -0.137. The minimum Gasteiger partial charge on any atom is -0.506 e. The Hall–Kier alpha value is -1.29. The number of aromatic hydroxyl groups is 1. The van der Waals surface area contributed by atoms with Gasteiger partial charge in [-0.05, 0) is 24.5 Å². The van der Waals surface area contributed by atoms with E-state index in [4.69, 9.17) is 16.7 Å². The van der Waals surface area contributed by atoms with Crippen molar-refractivity contribution >= 4 is 17.6 Å². The standard InChI is InChI=1S/C11H10ClFO3/c12-9-7(14)2-1-6(10(9)13)11(3-4-11)5-8(15)16/h1-2,14H,3-5H2,(H,15,16). The molecular formula is C11H10ClFO3. The quantitative estimate of drug-likeness (QED) is 0.860. The maximum absolute atomic E-state index is 13.8. The van der Waals surface area contributed by atoms with Crippen LogP contribution in [0, 0.1) is 5.82 Å². The van der Waals surface area contributed by atoms with Crippen LogP contribution in [0.5, 0.6) is 5.75 Å². The van der Waals surface area contributed by atoms with Crippen LogP contribution in [0.25, 0.3) is 0 Å². The number of phenols is 1. The molecule has 1 aromatic rings. The first kappa shape index (κ1) is 11.2. The number of benzene rings is 1. The monoisotopic (exact) mass is 244 g/mol. The second kappa shape index (κ2) is 3.63. The van der Waals surface area contributed by atoms with Crippen molar-refractivity contribution in [2.75, 3.05) is 0 Å². The number of hydrogen-bond acceptors (Lipinski definition) is 2. The average Bonchev–Trinajstić information content (AvgIpc) is 2.94. The Morgan fingerprint density at radius 1 is 1.50 bits per heavy atom. The number of halogens is 2. The summed E-state index contributed by atoms with van der Waals surface area (Å²) in [6.45, 7) is 0. The van der Waals surface area contributed by atoms with Crippen molar-refractivity contribution in [1.82, 2.24) is 0 Å². The molecule has 0 amide bonds. The van der Waals surface area contributed by atoms with Crippen molar-refractivity contribution in [2.24, 2.45) is 0 Å². The molecular weight excluding hydrogens is 235 g/mol. The smallest absolute Gasteiger partial charge is 0.304 e. The fourth-order valence-electron chi connectivity index (χ4n) is 1.93. The van der Waals surface area contributed by atoms with Crippen LogP contribution in [0.2, 0.25) is 5.02 Å².